The third-order valence-electron chi connectivity index (χ3n) is 2.82. The summed E-state index contributed by atoms with van der Waals surface area (Å²) in [4.78, 5) is 0. The summed E-state index contributed by atoms with van der Waals surface area (Å²) in [5.74, 6) is 1.10. The number of benzene rings is 2. The largest absolute Gasteiger partial charge is 0.493 e. The maximum Gasteiger partial charge on any atom is 0.493 e. The van der Waals surface area contributed by atoms with Crippen molar-refractivity contribution in [2.75, 3.05) is 0 Å². The Morgan fingerprint density at radius 3 is 1.50 bits per heavy atom. The average molecular weight is 336 g/mol. The van der Waals surface area contributed by atoms with Gasteiger partial charge in [-0.25, -0.2) is 4.57 Å². The molecule has 0 N–H and O–H groups in total. The zero-order chi connectivity index (χ0) is 16.2. The fourth-order valence-electron chi connectivity index (χ4n) is 1.78. The lowest BCUT2D eigenvalue weighted by Crippen LogP contribution is -2.01. The molecular weight excluding hydrogens is 315 g/mol. The molecule has 0 aliphatic carbocycles. The molecule has 0 spiro atoms. The molecule has 22 heavy (non-hydrogen) atoms. The van der Waals surface area contributed by atoms with Crippen LogP contribution in [0, 0.1) is 13.8 Å². The second-order valence-corrected chi connectivity index (χ2v) is 9.80. The van der Waals surface area contributed by atoms with E-state index in [1.54, 1.807) is 24.3 Å². The molecule has 2 aromatic carbocycles. The summed E-state index contributed by atoms with van der Waals surface area (Å²) in [6.45, 7) is 4.59. The van der Waals surface area contributed by atoms with Crippen molar-refractivity contribution in [1.29, 1.82) is 0 Å². The molecule has 2 aromatic rings. The van der Waals surface area contributed by atoms with E-state index in [1.807, 2.05) is 52.0 Å². The lowest BCUT2D eigenvalue weighted by atomic mass is 10.2. The number of rotatable bonds is 6. The van der Waals surface area contributed by atoms with Crippen molar-refractivity contribution >= 4 is 18.2 Å². The molecule has 118 valence electrons. The molecule has 0 saturated carbocycles. The van der Waals surface area contributed by atoms with Gasteiger partial charge in [0.25, 0.3) is 0 Å². The molecule has 0 aliphatic heterocycles. The highest BCUT2D eigenvalue weighted by Crippen LogP contribution is 2.61. The Labute approximate surface area is 136 Å². The monoisotopic (exact) mass is 336 g/mol. The zero-order valence-electron chi connectivity index (χ0n) is 13.3. The summed E-state index contributed by atoms with van der Waals surface area (Å²) in [6.07, 6.45) is 0. The van der Waals surface area contributed by atoms with Gasteiger partial charge < -0.3 is 9.05 Å². The Bertz CT molecular complexity index is 599. The van der Waals surface area contributed by atoms with Crippen molar-refractivity contribution in [3.8, 4) is 11.5 Å². The summed E-state index contributed by atoms with van der Waals surface area (Å²) in [5, 5.41) is 0.127. The van der Waals surface area contributed by atoms with Crippen LogP contribution in [0.25, 0.3) is 0 Å². The fraction of sp³-hybridized carbons (Fsp3) is 0.294. The van der Waals surface area contributed by atoms with Crippen LogP contribution in [-0.2, 0) is 4.57 Å². The normalized spacial score (nSPS) is 11.5. The Balaban J connectivity index is 2.21. The smallest absolute Gasteiger partial charge is 0.408 e. The van der Waals surface area contributed by atoms with Crippen LogP contribution in [0.15, 0.2) is 48.5 Å². The van der Waals surface area contributed by atoms with E-state index in [0.717, 1.165) is 11.1 Å². The van der Waals surface area contributed by atoms with Gasteiger partial charge in [-0.3, -0.25) is 0 Å². The van der Waals surface area contributed by atoms with Gasteiger partial charge in [-0.2, -0.15) is 0 Å². The summed E-state index contributed by atoms with van der Waals surface area (Å²) in [6, 6.07) is 14.9. The van der Waals surface area contributed by atoms with Crippen LogP contribution in [0.2, 0.25) is 0 Å². The van der Waals surface area contributed by atoms with Crippen LogP contribution < -0.4 is 9.05 Å². The van der Waals surface area contributed by atoms with Crippen LogP contribution in [0.5, 0.6) is 11.5 Å². The van der Waals surface area contributed by atoms with E-state index < -0.39 is 6.80 Å². The highest BCUT2D eigenvalue weighted by atomic mass is 32.7. The minimum atomic E-state index is -3.33. The van der Waals surface area contributed by atoms with Crippen molar-refractivity contribution in [3.05, 3.63) is 59.7 Å². The number of hydrogen-bond donors (Lipinski definition) is 0. The van der Waals surface area contributed by atoms with Crippen LogP contribution in [-0.4, -0.2) is 5.25 Å². The van der Waals surface area contributed by atoms with Gasteiger partial charge in [-0.15, -0.1) is 0 Å². The second kappa shape index (κ2) is 7.26. The van der Waals surface area contributed by atoms with Gasteiger partial charge >= 0.3 is 6.80 Å². The van der Waals surface area contributed by atoms with E-state index >= 15 is 0 Å². The molecule has 0 radical (unpaired) electrons. The lowest BCUT2D eigenvalue weighted by Gasteiger charge is -2.20. The lowest BCUT2D eigenvalue weighted by molar-refractivity contribution is 0.408. The van der Waals surface area contributed by atoms with Gasteiger partial charge in [0, 0.05) is 5.25 Å². The molecule has 0 fully saturated rings. The van der Waals surface area contributed by atoms with E-state index in [-0.39, 0.29) is 5.25 Å². The van der Waals surface area contributed by atoms with E-state index in [2.05, 4.69) is 0 Å². The molecule has 0 amide bonds. The van der Waals surface area contributed by atoms with E-state index in [1.165, 1.54) is 11.4 Å². The van der Waals surface area contributed by atoms with Gasteiger partial charge in [-0.05, 0) is 49.5 Å². The first-order valence-corrected chi connectivity index (χ1v) is 10.2. The zero-order valence-corrected chi connectivity index (χ0v) is 15.0. The first-order valence-electron chi connectivity index (χ1n) is 7.17. The molecule has 5 heteroatoms. The average Bonchev–Trinajstić information content (AvgIpc) is 2.43. The van der Waals surface area contributed by atoms with Crippen LogP contribution in [0.4, 0.5) is 0 Å². The summed E-state index contributed by atoms with van der Waals surface area (Å²) in [7, 11) is 0. The van der Waals surface area contributed by atoms with Crippen molar-refractivity contribution in [1.82, 2.24) is 0 Å². The van der Waals surface area contributed by atoms with Crippen molar-refractivity contribution in [2.45, 2.75) is 32.9 Å². The third kappa shape index (κ3) is 5.11. The highest BCUT2D eigenvalue weighted by Gasteiger charge is 2.31. The maximum absolute atomic E-state index is 13.1. The summed E-state index contributed by atoms with van der Waals surface area (Å²) < 4.78 is 24.4. The van der Waals surface area contributed by atoms with Gasteiger partial charge in [-0.1, -0.05) is 49.2 Å². The third-order valence-corrected chi connectivity index (χ3v) is 6.85. The molecule has 2 rings (SSSR count). The van der Waals surface area contributed by atoms with Crippen molar-refractivity contribution in [3.63, 3.8) is 0 Å². The molecule has 0 heterocycles. The van der Waals surface area contributed by atoms with Gasteiger partial charge in [0.2, 0.25) is 0 Å². The predicted molar refractivity (Wildman–Crippen MR) is 93.9 cm³/mol. The molecule has 0 aliphatic rings. The molecule has 0 aromatic heterocycles. The first kappa shape index (κ1) is 17.0. The molecule has 0 atom stereocenters. The van der Waals surface area contributed by atoms with E-state index in [9.17, 15) is 4.57 Å². The van der Waals surface area contributed by atoms with Gasteiger partial charge in [0.15, 0.2) is 0 Å². The Morgan fingerprint density at radius 1 is 0.818 bits per heavy atom. The molecule has 0 unspecified atom stereocenters. The predicted octanol–water partition coefficient (Wildman–Crippen LogP) is 6.01. The first-order chi connectivity index (χ1) is 10.4. The highest BCUT2D eigenvalue weighted by molar-refractivity contribution is 8.55. The summed E-state index contributed by atoms with van der Waals surface area (Å²) >= 11 is 1.21. The van der Waals surface area contributed by atoms with Crippen molar-refractivity contribution in [2.24, 2.45) is 0 Å². The van der Waals surface area contributed by atoms with E-state index in [0.29, 0.717) is 11.5 Å². The fourth-order valence-corrected chi connectivity index (χ4v) is 5.50. The Morgan fingerprint density at radius 2 is 1.18 bits per heavy atom. The van der Waals surface area contributed by atoms with Crippen molar-refractivity contribution < 1.29 is 13.6 Å². The van der Waals surface area contributed by atoms with E-state index in [4.69, 9.17) is 9.05 Å². The minimum absolute atomic E-state index is 0.127. The van der Waals surface area contributed by atoms with Gasteiger partial charge in [0.1, 0.15) is 11.5 Å². The SMILES string of the molecule is Cc1ccc(OP(=O)(Oc2ccc(C)cc2)SC(C)C)cc1. The number of hydrogen-bond acceptors (Lipinski definition) is 4. The quantitative estimate of drug-likeness (QED) is 0.605. The molecule has 0 saturated heterocycles. The molecule has 3 nitrogen and oxygen atoms in total. The van der Waals surface area contributed by atoms with Crippen LogP contribution in [0.1, 0.15) is 25.0 Å². The van der Waals surface area contributed by atoms with Crippen LogP contribution in [0.3, 0.4) is 0 Å². The molecular formula is C17H21O3PS. The van der Waals surface area contributed by atoms with Gasteiger partial charge in [0.05, 0.1) is 0 Å². The summed E-state index contributed by atoms with van der Waals surface area (Å²) in [5.41, 5.74) is 2.25. The second-order valence-electron chi connectivity index (χ2n) is 5.41. The molecule has 0 bridgehead atoms. The minimum Gasteiger partial charge on any atom is -0.408 e. The maximum atomic E-state index is 13.1. The topological polar surface area (TPSA) is 35.5 Å². The number of aryl methyl sites for hydroxylation is 2. The Hall–Kier alpha value is -1.38. The Kier molecular flexibility index (Phi) is 5.60. The standard InChI is InChI=1S/C17H21O3PS/c1-13(2)22-21(18,19-16-9-5-14(3)6-10-16)20-17-11-7-15(4)8-12-17/h5-13H,1-4H3. The van der Waals surface area contributed by atoms with Crippen LogP contribution >= 0.6 is 18.2 Å².